The number of amides is 1. The van der Waals surface area contributed by atoms with E-state index in [1.165, 1.54) is 0 Å². The minimum atomic E-state index is -0.439. The van der Waals surface area contributed by atoms with Gasteiger partial charge in [-0.05, 0) is 29.6 Å². The SMILES string of the molecule is CC(C)(C)C(=O)Nc1cccc(NCc2nc(-c3cccs3)no2)c1. The second-order valence-electron chi connectivity index (χ2n) is 6.63. The molecule has 3 rings (SSSR count). The Bertz CT molecular complexity index is 850. The molecule has 2 aromatic heterocycles. The van der Waals surface area contributed by atoms with Gasteiger partial charge in [-0.3, -0.25) is 4.79 Å². The number of rotatable bonds is 5. The maximum absolute atomic E-state index is 12.1. The molecule has 0 fully saturated rings. The lowest BCUT2D eigenvalue weighted by atomic mass is 9.95. The lowest BCUT2D eigenvalue weighted by Crippen LogP contribution is -2.27. The highest BCUT2D eigenvalue weighted by atomic mass is 32.1. The molecule has 130 valence electrons. The molecule has 3 aromatic rings. The molecule has 0 aliphatic carbocycles. The quantitative estimate of drug-likeness (QED) is 0.708. The first kappa shape index (κ1) is 17.2. The maximum atomic E-state index is 12.1. The minimum absolute atomic E-state index is 0.0258. The normalized spacial score (nSPS) is 11.3. The largest absolute Gasteiger partial charge is 0.376 e. The van der Waals surface area contributed by atoms with Crippen LogP contribution >= 0.6 is 11.3 Å². The van der Waals surface area contributed by atoms with Crippen molar-refractivity contribution in [2.75, 3.05) is 10.6 Å². The first-order chi connectivity index (χ1) is 11.9. The van der Waals surface area contributed by atoms with Gasteiger partial charge in [0.25, 0.3) is 0 Å². The summed E-state index contributed by atoms with van der Waals surface area (Å²) in [6, 6.07) is 11.4. The molecular formula is C18H20N4O2S. The summed E-state index contributed by atoms with van der Waals surface area (Å²) in [4.78, 5) is 17.4. The van der Waals surface area contributed by atoms with E-state index in [1.807, 2.05) is 62.5 Å². The highest BCUT2D eigenvalue weighted by Crippen LogP contribution is 2.22. The number of aromatic nitrogens is 2. The van der Waals surface area contributed by atoms with Gasteiger partial charge in [0.15, 0.2) is 0 Å². The second-order valence-corrected chi connectivity index (χ2v) is 7.58. The van der Waals surface area contributed by atoms with Gasteiger partial charge < -0.3 is 15.2 Å². The van der Waals surface area contributed by atoms with Crippen LogP contribution in [0.4, 0.5) is 11.4 Å². The zero-order valence-corrected chi connectivity index (χ0v) is 15.2. The van der Waals surface area contributed by atoms with Gasteiger partial charge in [-0.15, -0.1) is 11.3 Å². The number of anilines is 2. The smallest absolute Gasteiger partial charge is 0.246 e. The van der Waals surface area contributed by atoms with Crippen LogP contribution in [0.3, 0.4) is 0 Å². The Morgan fingerprint density at radius 2 is 2.00 bits per heavy atom. The molecule has 2 heterocycles. The van der Waals surface area contributed by atoms with Crippen LogP contribution in [0.1, 0.15) is 26.7 Å². The Hall–Kier alpha value is -2.67. The lowest BCUT2D eigenvalue weighted by molar-refractivity contribution is -0.123. The number of hydrogen-bond acceptors (Lipinski definition) is 6. The Morgan fingerprint density at radius 3 is 2.72 bits per heavy atom. The summed E-state index contributed by atoms with van der Waals surface area (Å²) in [6.07, 6.45) is 0. The number of nitrogens with zero attached hydrogens (tertiary/aromatic N) is 2. The fourth-order valence-electron chi connectivity index (χ4n) is 2.04. The van der Waals surface area contributed by atoms with E-state index in [-0.39, 0.29) is 5.91 Å². The van der Waals surface area contributed by atoms with Crippen molar-refractivity contribution in [3.05, 3.63) is 47.7 Å². The molecular weight excluding hydrogens is 336 g/mol. The molecule has 0 spiro atoms. The van der Waals surface area contributed by atoms with E-state index in [4.69, 9.17) is 4.52 Å². The van der Waals surface area contributed by atoms with Crippen molar-refractivity contribution in [3.8, 4) is 10.7 Å². The van der Waals surface area contributed by atoms with Gasteiger partial charge in [-0.25, -0.2) is 0 Å². The van der Waals surface area contributed by atoms with E-state index in [2.05, 4.69) is 20.8 Å². The zero-order chi connectivity index (χ0) is 17.9. The number of hydrogen-bond donors (Lipinski definition) is 2. The molecule has 6 nitrogen and oxygen atoms in total. The van der Waals surface area contributed by atoms with E-state index in [9.17, 15) is 4.79 Å². The topological polar surface area (TPSA) is 80.0 Å². The van der Waals surface area contributed by atoms with Gasteiger partial charge >= 0.3 is 0 Å². The van der Waals surface area contributed by atoms with Crippen molar-refractivity contribution in [3.63, 3.8) is 0 Å². The van der Waals surface area contributed by atoms with E-state index < -0.39 is 5.41 Å². The summed E-state index contributed by atoms with van der Waals surface area (Å²) in [6.45, 7) is 6.05. The number of nitrogens with one attached hydrogen (secondary N) is 2. The Balaban J connectivity index is 1.62. The predicted octanol–water partition coefficient (Wildman–Crippen LogP) is 4.39. The van der Waals surface area contributed by atoms with Gasteiger partial charge in [0.05, 0.1) is 11.4 Å². The summed E-state index contributed by atoms with van der Waals surface area (Å²) in [5, 5.41) is 12.1. The molecule has 0 aliphatic heterocycles. The van der Waals surface area contributed by atoms with E-state index in [0.717, 1.165) is 16.3 Å². The van der Waals surface area contributed by atoms with Crippen molar-refractivity contribution >= 4 is 28.6 Å². The van der Waals surface area contributed by atoms with Crippen molar-refractivity contribution in [1.29, 1.82) is 0 Å². The Kier molecular flexibility index (Phi) is 4.85. The van der Waals surface area contributed by atoms with Crippen LogP contribution in [0.15, 0.2) is 46.3 Å². The van der Waals surface area contributed by atoms with Gasteiger partial charge in [-0.2, -0.15) is 4.98 Å². The van der Waals surface area contributed by atoms with Gasteiger partial charge in [0.2, 0.25) is 17.6 Å². The molecule has 1 amide bonds. The first-order valence-electron chi connectivity index (χ1n) is 7.94. The average molecular weight is 356 g/mol. The summed E-state index contributed by atoms with van der Waals surface area (Å²) in [5.74, 6) is 1.08. The van der Waals surface area contributed by atoms with Crippen molar-refractivity contribution in [1.82, 2.24) is 10.1 Å². The zero-order valence-electron chi connectivity index (χ0n) is 14.4. The third kappa shape index (κ3) is 4.45. The second kappa shape index (κ2) is 7.06. The number of benzene rings is 1. The highest BCUT2D eigenvalue weighted by molar-refractivity contribution is 7.13. The molecule has 0 aliphatic rings. The van der Waals surface area contributed by atoms with Crippen LogP contribution in [0, 0.1) is 5.41 Å². The van der Waals surface area contributed by atoms with Crippen LogP contribution in [0.25, 0.3) is 10.7 Å². The van der Waals surface area contributed by atoms with Crippen molar-refractivity contribution in [2.24, 2.45) is 5.41 Å². The van der Waals surface area contributed by atoms with Gasteiger partial charge in [-0.1, -0.05) is 38.1 Å². The molecule has 0 atom stereocenters. The van der Waals surface area contributed by atoms with Gasteiger partial charge in [0, 0.05) is 16.8 Å². The molecule has 0 bridgehead atoms. The standard InChI is InChI=1S/C18H20N4O2S/c1-18(2,3)17(23)20-13-7-4-6-12(10-13)19-11-15-21-16(22-24-15)14-8-5-9-25-14/h4-10,19H,11H2,1-3H3,(H,20,23). The average Bonchev–Trinajstić information content (AvgIpc) is 3.24. The van der Waals surface area contributed by atoms with Crippen LogP contribution in [0.2, 0.25) is 0 Å². The van der Waals surface area contributed by atoms with E-state index in [1.54, 1.807) is 11.3 Å². The fraction of sp³-hybridized carbons (Fsp3) is 0.278. The molecule has 7 heteroatoms. The monoisotopic (exact) mass is 356 g/mol. The van der Waals surface area contributed by atoms with Crippen LogP contribution in [-0.4, -0.2) is 16.0 Å². The van der Waals surface area contributed by atoms with Crippen LogP contribution in [0.5, 0.6) is 0 Å². The number of carbonyl (C=O) groups is 1. The van der Waals surface area contributed by atoms with E-state index >= 15 is 0 Å². The molecule has 25 heavy (non-hydrogen) atoms. The number of carbonyl (C=O) groups excluding carboxylic acids is 1. The van der Waals surface area contributed by atoms with Crippen LogP contribution in [-0.2, 0) is 11.3 Å². The van der Waals surface area contributed by atoms with Crippen molar-refractivity contribution < 1.29 is 9.32 Å². The Morgan fingerprint density at radius 1 is 1.20 bits per heavy atom. The lowest BCUT2D eigenvalue weighted by Gasteiger charge is -2.18. The molecule has 0 radical (unpaired) electrons. The third-order valence-electron chi connectivity index (χ3n) is 3.46. The predicted molar refractivity (Wildman–Crippen MR) is 99.5 cm³/mol. The molecule has 0 unspecified atom stereocenters. The summed E-state index contributed by atoms with van der Waals surface area (Å²) in [7, 11) is 0. The van der Waals surface area contributed by atoms with Crippen molar-refractivity contribution in [2.45, 2.75) is 27.3 Å². The summed E-state index contributed by atoms with van der Waals surface area (Å²) < 4.78 is 5.26. The third-order valence-corrected chi connectivity index (χ3v) is 4.32. The Labute approximate surface area is 150 Å². The maximum Gasteiger partial charge on any atom is 0.246 e. The van der Waals surface area contributed by atoms with Gasteiger partial charge in [0.1, 0.15) is 0 Å². The first-order valence-corrected chi connectivity index (χ1v) is 8.81. The summed E-state index contributed by atoms with van der Waals surface area (Å²) in [5.41, 5.74) is 1.17. The van der Waals surface area contributed by atoms with E-state index in [0.29, 0.717) is 18.3 Å². The molecule has 2 N–H and O–H groups in total. The molecule has 1 aromatic carbocycles. The fourth-order valence-corrected chi connectivity index (χ4v) is 2.68. The highest BCUT2D eigenvalue weighted by Gasteiger charge is 2.21. The minimum Gasteiger partial charge on any atom is -0.376 e. The number of thiophene rings is 1. The van der Waals surface area contributed by atoms with Crippen LogP contribution < -0.4 is 10.6 Å². The molecule has 0 saturated heterocycles. The summed E-state index contributed by atoms with van der Waals surface area (Å²) >= 11 is 1.57. The molecule has 0 saturated carbocycles.